The van der Waals surface area contributed by atoms with Gasteiger partial charge in [0.2, 0.25) is 5.95 Å². The molecule has 0 aliphatic rings. The third-order valence-electron chi connectivity index (χ3n) is 9.23. The Morgan fingerprint density at radius 1 is 0.457 bits per heavy atom. The molecule has 3 aromatic heterocycles. The van der Waals surface area contributed by atoms with Crippen molar-refractivity contribution in [2.24, 2.45) is 0 Å². The maximum atomic E-state index is 5.33. The molecule has 0 fully saturated rings. The van der Waals surface area contributed by atoms with E-state index in [1.165, 1.54) is 52.8 Å². The highest BCUT2D eigenvalue weighted by Gasteiger charge is 2.19. The Hall–Kier alpha value is -5.84. The minimum atomic E-state index is 0.675. The number of fused-ring (bicyclic) bond motifs is 9. The molecule has 214 valence electrons. The van der Waals surface area contributed by atoms with Crippen LogP contribution in [0.3, 0.4) is 0 Å². The van der Waals surface area contributed by atoms with Crippen LogP contribution in [-0.2, 0) is 0 Å². The summed E-state index contributed by atoms with van der Waals surface area (Å²) >= 11 is 1.86. The third kappa shape index (κ3) is 3.71. The van der Waals surface area contributed by atoms with Crippen LogP contribution in [-0.4, -0.2) is 14.5 Å². The molecule has 46 heavy (non-hydrogen) atoms. The zero-order valence-corrected chi connectivity index (χ0v) is 25.5. The van der Waals surface area contributed by atoms with Crippen LogP contribution < -0.4 is 0 Å². The van der Waals surface area contributed by atoms with Gasteiger partial charge in [-0.1, -0.05) is 127 Å². The van der Waals surface area contributed by atoms with E-state index in [-0.39, 0.29) is 0 Å². The van der Waals surface area contributed by atoms with E-state index >= 15 is 0 Å². The standard InChI is InChI=1S/C42H25N3S/c1-2-11-29-26(10-1)24-25-37-39(29)34-14-4-7-18-36(34)45(37)42-43-35-17-6-3-13-33(35)40(44-42)28-22-20-27(21-23-28)30-15-9-16-32-31-12-5-8-19-38(31)46-41(30)32/h1-25H. The fourth-order valence-electron chi connectivity index (χ4n) is 7.12. The summed E-state index contributed by atoms with van der Waals surface area (Å²) in [5.41, 5.74) is 7.59. The average Bonchev–Trinajstić information content (AvgIpc) is 3.67. The van der Waals surface area contributed by atoms with Crippen molar-refractivity contribution in [1.82, 2.24) is 14.5 Å². The first-order chi connectivity index (χ1) is 22.8. The maximum Gasteiger partial charge on any atom is 0.235 e. The minimum absolute atomic E-state index is 0.675. The highest BCUT2D eigenvalue weighted by Crippen LogP contribution is 2.41. The predicted molar refractivity (Wildman–Crippen MR) is 195 cm³/mol. The summed E-state index contributed by atoms with van der Waals surface area (Å²) in [6.07, 6.45) is 0. The van der Waals surface area contributed by atoms with Gasteiger partial charge in [0, 0.05) is 41.9 Å². The van der Waals surface area contributed by atoms with Crippen molar-refractivity contribution in [3.63, 3.8) is 0 Å². The first-order valence-electron chi connectivity index (χ1n) is 15.5. The molecule has 0 saturated heterocycles. The molecule has 0 saturated carbocycles. The summed E-state index contributed by atoms with van der Waals surface area (Å²) in [5, 5.41) is 8.56. The second-order valence-electron chi connectivity index (χ2n) is 11.8. The van der Waals surface area contributed by atoms with Crippen molar-refractivity contribution in [3.8, 4) is 28.3 Å². The van der Waals surface area contributed by atoms with Gasteiger partial charge in [-0.2, -0.15) is 0 Å². The van der Waals surface area contributed by atoms with Crippen molar-refractivity contribution >= 4 is 75.0 Å². The number of hydrogen-bond acceptors (Lipinski definition) is 3. The van der Waals surface area contributed by atoms with Gasteiger partial charge in [0.25, 0.3) is 0 Å². The molecule has 0 aliphatic carbocycles. The fourth-order valence-corrected chi connectivity index (χ4v) is 8.36. The van der Waals surface area contributed by atoms with Gasteiger partial charge >= 0.3 is 0 Å². The van der Waals surface area contributed by atoms with Gasteiger partial charge < -0.3 is 0 Å². The van der Waals surface area contributed by atoms with Gasteiger partial charge in [0.05, 0.1) is 22.2 Å². The summed E-state index contributed by atoms with van der Waals surface area (Å²) in [6.45, 7) is 0. The number of hydrogen-bond donors (Lipinski definition) is 0. The second kappa shape index (κ2) is 9.83. The number of rotatable bonds is 3. The van der Waals surface area contributed by atoms with Crippen LogP contribution in [0.15, 0.2) is 152 Å². The molecule has 10 aromatic rings. The molecule has 0 radical (unpaired) electrons. The molecule has 0 spiro atoms. The molecule has 0 unspecified atom stereocenters. The zero-order chi connectivity index (χ0) is 30.2. The molecule has 0 aliphatic heterocycles. The van der Waals surface area contributed by atoms with Crippen LogP contribution >= 0.6 is 11.3 Å². The van der Waals surface area contributed by atoms with E-state index in [0.717, 1.165) is 33.2 Å². The quantitative estimate of drug-likeness (QED) is 0.201. The van der Waals surface area contributed by atoms with E-state index in [1.54, 1.807) is 0 Å². The highest BCUT2D eigenvalue weighted by atomic mass is 32.1. The second-order valence-corrected chi connectivity index (χ2v) is 12.8. The summed E-state index contributed by atoms with van der Waals surface area (Å²) in [5.74, 6) is 0.675. The molecule has 3 heterocycles. The SMILES string of the molecule is c1ccc2c(c1)ccc1c2c2ccccc2n1-c1nc(-c2ccc(-c3cccc4c3sc3ccccc34)cc2)c2ccccc2n1. The monoisotopic (exact) mass is 603 g/mol. The van der Waals surface area contributed by atoms with Gasteiger partial charge in [-0.25, -0.2) is 9.97 Å². The lowest BCUT2D eigenvalue weighted by molar-refractivity contribution is 1.01. The summed E-state index contributed by atoms with van der Waals surface area (Å²) < 4.78 is 4.87. The van der Waals surface area contributed by atoms with Crippen LogP contribution in [0.5, 0.6) is 0 Å². The summed E-state index contributed by atoms with van der Waals surface area (Å²) in [7, 11) is 0. The van der Waals surface area contributed by atoms with Gasteiger partial charge in [0.1, 0.15) is 0 Å². The van der Waals surface area contributed by atoms with Crippen molar-refractivity contribution in [3.05, 3.63) is 152 Å². The van der Waals surface area contributed by atoms with Gasteiger partial charge in [-0.05, 0) is 46.2 Å². The Labute approximate surface area is 268 Å². The lowest BCUT2D eigenvalue weighted by Crippen LogP contribution is -2.03. The average molecular weight is 604 g/mol. The third-order valence-corrected chi connectivity index (χ3v) is 10.4. The number of thiophene rings is 1. The Morgan fingerprint density at radius 2 is 1.15 bits per heavy atom. The van der Waals surface area contributed by atoms with E-state index in [9.17, 15) is 0 Å². The Kier molecular flexibility index (Phi) is 5.45. The fraction of sp³-hybridized carbons (Fsp3) is 0. The van der Waals surface area contributed by atoms with Gasteiger partial charge in [0.15, 0.2) is 0 Å². The molecule has 0 amide bonds. The molecular weight excluding hydrogens is 579 g/mol. The van der Waals surface area contributed by atoms with E-state index in [2.05, 4.69) is 156 Å². The molecule has 4 heteroatoms. The first-order valence-corrected chi connectivity index (χ1v) is 16.3. The lowest BCUT2D eigenvalue weighted by atomic mass is 9.99. The van der Waals surface area contributed by atoms with Gasteiger partial charge in [-0.3, -0.25) is 4.57 Å². The predicted octanol–water partition coefficient (Wildman–Crippen LogP) is 11.6. The Bertz CT molecular complexity index is 2810. The van der Waals surface area contributed by atoms with Crippen LogP contribution in [0, 0.1) is 0 Å². The first kappa shape index (κ1) is 25.5. The van der Waals surface area contributed by atoms with Crippen molar-refractivity contribution in [2.45, 2.75) is 0 Å². The molecular formula is C42H25N3S. The number of benzene rings is 7. The normalized spacial score (nSPS) is 11.9. The van der Waals surface area contributed by atoms with Crippen LogP contribution in [0.2, 0.25) is 0 Å². The van der Waals surface area contributed by atoms with Crippen LogP contribution in [0.25, 0.3) is 92.0 Å². The van der Waals surface area contributed by atoms with E-state index in [0.29, 0.717) is 5.95 Å². The smallest absolute Gasteiger partial charge is 0.235 e. The van der Waals surface area contributed by atoms with Crippen molar-refractivity contribution < 1.29 is 0 Å². The zero-order valence-electron chi connectivity index (χ0n) is 24.7. The number of aromatic nitrogens is 3. The van der Waals surface area contributed by atoms with E-state index in [1.807, 2.05) is 11.3 Å². The van der Waals surface area contributed by atoms with E-state index < -0.39 is 0 Å². The van der Waals surface area contributed by atoms with Gasteiger partial charge in [-0.15, -0.1) is 11.3 Å². The number of nitrogens with zero attached hydrogens (tertiary/aromatic N) is 3. The molecule has 0 bridgehead atoms. The minimum Gasteiger partial charge on any atom is -0.278 e. The largest absolute Gasteiger partial charge is 0.278 e. The van der Waals surface area contributed by atoms with E-state index in [4.69, 9.17) is 9.97 Å². The Morgan fingerprint density at radius 3 is 2.04 bits per heavy atom. The van der Waals surface area contributed by atoms with Crippen molar-refractivity contribution in [1.29, 1.82) is 0 Å². The summed E-state index contributed by atoms with van der Waals surface area (Å²) in [4.78, 5) is 10.5. The highest BCUT2D eigenvalue weighted by molar-refractivity contribution is 7.26. The molecule has 7 aromatic carbocycles. The topological polar surface area (TPSA) is 30.7 Å². The number of para-hydroxylation sites is 2. The van der Waals surface area contributed by atoms with Crippen LogP contribution in [0.4, 0.5) is 0 Å². The van der Waals surface area contributed by atoms with Crippen LogP contribution in [0.1, 0.15) is 0 Å². The Balaban J connectivity index is 1.18. The van der Waals surface area contributed by atoms with Crippen molar-refractivity contribution in [2.75, 3.05) is 0 Å². The molecule has 3 nitrogen and oxygen atoms in total. The lowest BCUT2D eigenvalue weighted by Gasteiger charge is -2.12. The molecule has 0 N–H and O–H groups in total. The molecule has 0 atom stereocenters. The summed E-state index contributed by atoms with van der Waals surface area (Å²) in [6, 6.07) is 54.1. The maximum absolute atomic E-state index is 5.33. The molecule has 10 rings (SSSR count).